The fraction of sp³-hybridized carbons (Fsp3) is 0.200. The molecule has 1 N–H and O–H groups in total. The van der Waals surface area contributed by atoms with Gasteiger partial charge in [0.2, 0.25) is 0 Å². The molecule has 0 spiro atoms. The number of hydrogen-bond acceptors (Lipinski definition) is 3. The van der Waals surface area contributed by atoms with Crippen LogP contribution in [0, 0.1) is 0 Å². The van der Waals surface area contributed by atoms with Crippen LogP contribution in [0.1, 0.15) is 13.8 Å². The smallest absolute Gasteiger partial charge is 0.184 e. The molecule has 0 saturated carbocycles. The van der Waals surface area contributed by atoms with Crippen LogP contribution in [0.15, 0.2) is 46.5 Å². The fourth-order valence-corrected chi connectivity index (χ4v) is 2.19. The van der Waals surface area contributed by atoms with Crippen molar-refractivity contribution in [2.75, 3.05) is 12.4 Å². The lowest BCUT2D eigenvalue weighted by Crippen LogP contribution is -2.10. The molecule has 0 fully saturated rings. The average Bonchev–Trinajstić information content (AvgIpc) is 2.36. The Morgan fingerprint density at radius 3 is 2.32 bits per heavy atom. The highest BCUT2D eigenvalue weighted by Crippen LogP contribution is 2.27. The van der Waals surface area contributed by atoms with Gasteiger partial charge in [-0.05, 0) is 55.3 Å². The van der Waals surface area contributed by atoms with Crippen molar-refractivity contribution < 1.29 is 4.79 Å². The normalized spacial score (nSPS) is 14.9. The molecule has 0 saturated heterocycles. The molecule has 1 aliphatic carbocycles. The van der Waals surface area contributed by atoms with Crippen LogP contribution in [-0.2, 0) is 4.79 Å². The number of allylic oxidation sites excluding steroid dienone is 4. The molecule has 19 heavy (non-hydrogen) atoms. The number of halogens is 1. The number of nitrogens with zero attached hydrogens (tertiary/aromatic N) is 1. The van der Waals surface area contributed by atoms with Gasteiger partial charge in [-0.3, -0.25) is 4.79 Å². The van der Waals surface area contributed by atoms with E-state index in [4.69, 9.17) is 11.6 Å². The third kappa shape index (κ3) is 2.93. The van der Waals surface area contributed by atoms with Gasteiger partial charge in [0.05, 0.1) is 22.1 Å². The van der Waals surface area contributed by atoms with Crippen LogP contribution in [0.4, 0.5) is 11.4 Å². The molecule has 0 aromatic heterocycles. The van der Waals surface area contributed by atoms with Gasteiger partial charge in [-0.1, -0.05) is 11.6 Å². The summed E-state index contributed by atoms with van der Waals surface area (Å²) < 4.78 is 0. The zero-order valence-electron chi connectivity index (χ0n) is 11.1. The minimum Gasteiger partial charge on any atom is -0.387 e. The van der Waals surface area contributed by atoms with Crippen LogP contribution in [0.25, 0.3) is 0 Å². The Morgan fingerprint density at radius 1 is 1.16 bits per heavy atom. The van der Waals surface area contributed by atoms with Gasteiger partial charge in [-0.15, -0.1) is 0 Å². The number of nitrogens with one attached hydrogen (secondary N) is 1. The highest BCUT2D eigenvalue weighted by atomic mass is 35.5. The van der Waals surface area contributed by atoms with Crippen molar-refractivity contribution in [2.45, 2.75) is 13.8 Å². The van der Waals surface area contributed by atoms with Crippen LogP contribution in [0.3, 0.4) is 0 Å². The monoisotopic (exact) mass is 274 g/mol. The molecule has 0 unspecified atom stereocenters. The van der Waals surface area contributed by atoms with E-state index in [-0.39, 0.29) is 5.78 Å². The summed E-state index contributed by atoms with van der Waals surface area (Å²) in [6.45, 7) is 3.59. The van der Waals surface area contributed by atoms with E-state index in [1.807, 2.05) is 19.2 Å². The van der Waals surface area contributed by atoms with Crippen molar-refractivity contribution in [3.63, 3.8) is 0 Å². The SMILES string of the molecule is CNc1ccc(N=C2C=C(C)C(=O)C(C)=C2)cc1Cl. The lowest BCUT2D eigenvalue weighted by Gasteiger charge is -2.09. The molecule has 1 aliphatic rings. The number of aliphatic imine (C=N–C) groups is 1. The number of Topliss-reactive ketones (excluding diaryl/α,β-unsaturated/α-hetero) is 1. The van der Waals surface area contributed by atoms with Gasteiger partial charge in [0.15, 0.2) is 5.78 Å². The van der Waals surface area contributed by atoms with E-state index in [2.05, 4.69) is 10.3 Å². The minimum atomic E-state index is 0.0718. The summed E-state index contributed by atoms with van der Waals surface area (Å²) in [5.41, 5.74) is 3.81. The zero-order valence-corrected chi connectivity index (χ0v) is 11.9. The third-order valence-electron chi connectivity index (χ3n) is 2.93. The Morgan fingerprint density at radius 2 is 1.79 bits per heavy atom. The Hall–Kier alpha value is -1.87. The molecule has 4 heteroatoms. The molecule has 3 nitrogen and oxygen atoms in total. The molecular weight excluding hydrogens is 260 g/mol. The Bertz CT molecular complexity index is 603. The highest BCUT2D eigenvalue weighted by molar-refractivity contribution is 6.33. The molecule has 0 atom stereocenters. The number of anilines is 1. The second-order valence-corrected chi connectivity index (χ2v) is 4.84. The van der Waals surface area contributed by atoms with Crippen molar-refractivity contribution in [3.05, 3.63) is 46.5 Å². The number of ketones is 1. The van der Waals surface area contributed by atoms with Crippen molar-refractivity contribution >= 4 is 34.5 Å². The summed E-state index contributed by atoms with van der Waals surface area (Å²) in [5, 5.41) is 3.62. The summed E-state index contributed by atoms with van der Waals surface area (Å²) in [5.74, 6) is 0.0718. The van der Waals surface area contributed by atoms with Gasteiger partial charge in [-0.2, -0.15) is 0 Å². The molecule has 1 aromatic rings. The van der Waals surface area contributed by atoms with Gasteiger partial charge in [0.1, 0.15) is 0 Å². The van der Waals surface area contributed by atoms with E-state index < -0.39 is 0 Å². The molecule has 98 valence electrons. The van der Waals surface area contributed by atoms with E-state index in [0.717, 1.165) is 17.1 Å². The molecule has 2 rings (SSSR count). The number of carbonyl (C=O) groups is 1. The number of hydrogen-bond donors (Lipinski definition) is 1. The maximum atomic E-state index is 11.6. The maximum Gasteiger partial charge on any atom is 0.184 e. The standard InChI is InChI=1S/C15H15ClN2O/c1-9-6-12(7-10(2)15(9)19)18-11-4-5-14(17-3)13(16)8-11/h4-8,17H,1-3H3. The van der Waals surface area contributed by atoms with Gasteiger partial charge >= 0.3 is 0 Å². The largest absolute Gasteiger partial charge is 0.387 e. The van der Waals surface area contributed by atoms with E-state index in [0.29, 0.717) is 16.2 Å². The highest BCUT2D eigenvalue weighted by Gasteiger charge is 2.13. The van der Waals surface area contributed by atoms with Crippen molar-refractivity contribution in [1.82, 2.24) is 0 Å². The third-order valence-corrected chi connectivity index (χ3v) is 3.24. The average molecular weight is 275 g/mol. The summed E-state index contributed by atoms with van der Waals surface area (Å²) in [7, 11) is 1.82. The minimum absolute atomic E-state index is 0.0718. The van der Waals surface area contributed by atoms with Crippen molar-refractivity contribution in [1.29, 1.82) is 0 Å². The molecule has 0 aliphatic heterocycles. The lowest BCUT2D eigenvalue weighted by atomic mass is 9.98. The van der Waals surface area contributed by atoms with E-state index in [1.165, 1.54) is 0 Å². The first-order chi connectivity index (χ1) is 9.01. The fourth-order valence-electron chi connectivity index (χ4n) is 1.92. The van der Waals surface area contributed by atoms with Crippen LogP contribution in [0.5, 0.6) is 0 Å². The van der Waals surface area contributed by atoms with Crippen molar-refractivity contribution in [3.8, 4) is 0 Å². The first-order valence-corrected chi connectivity index (χ1v) is 6.36. The summed E-state index contributed by atoms with van der Waals surface area (Å²) in [6, 6.07) is 5.56. The summed E-state index contributed by atoms with van der Waals surface area (Å²) in [6.07, 6.45) is 3.57. The molecule has 0 radical (unpaired) electrons. The van der Waals surface area contributed by atoms with Crippen LogP contribution in [-0.4, -0.2) is 18.5 Å². The zero-order chi connectivity index (χ0) is 14.0. The quantitative estimate of drug-likeness (QED) is 0.830. The molecule has 0 bridgehead atoms. The van der Waals surface area contributed by atoms with Gasteiger partial charge in [0, 0.05) is 7.05 Å². The van der Waals surface area contributed by atoms with Gasteiger partial charge < -0.3 is 5.32 Å². The molecule has 0 heterocycles. The predicted octanol–water partition coefficient (Wildman–Crippen LogP) is 3.93. The van der Waals surface area contributed by atoms with Gasteiger partial charge in [0.25, 0.3) is 0 Å². The van der Waals surface area contributed by atoms with E-state index in [1.54, 1.807) is 32.1 Å². The Kier molecular flexibility index (Phi) is 3.86. The second-order valence-electron chi connectivity index (χ2n) is 4.43. The maximum absolute atomic E-state index is 11.6. The summed E-state index contributed by atoms with van der Waals surface area (Å²) >= 11 is 6.11. The Labute approximate surface area is 117 Å². The Balaban J connectivity index is 2.37. The summed E-state index contributed by atoms with van der Waals surface area (Å²) in [4.78, 5) is 16.1. The van der Waals surface area contributed by atoms with Crippen LogP contribution in [0.2, 0.25) is 5.02 Å². The topological polar surface area (TPSA) is 41.5 Å². The number of benzene rings is 1. The van der Waals surface area contributed by atoms with Crippen LogP contribution >= 0.6 is 11.6 Å². The second kappa shape index (κ2) is 5.41. The lowest BCUT2D eigenvalue weighted by molar-refractivity contribution is -0.112. The van der Waals surface area contributed by atoms with Crippen molar-refractivity contribution in [2.24, 2.45) is 4.99 Å². The predicted molar refractivity (Wildman–Crippen MR) is 80.6 cm³/mol. The number of carbonyl (C=O) groups excluding carboxylic acids is 1. The van der Waals surface area contributed by atoms with Crippen LogP contribution < -0.4 is 5.32 Å². The molecule has 0 amide bonds. The first-order valence-electron chi connectivity index (χ1n) is 5.98. The van der Waals surface area contributed by atoms with E-state index >= 15 is 0 Å². The molecular formula is C15H15ClN2O. The first kappa shape index (κ1) is 13.6. The number of rotatable bonds is 2. The van der Waals surface area contributed by atoms with E-state index in [9.17, 15) is 4.79 Å². The van der Waals surface area contributed by atoms with Gasteiger partial charge in [-0.25, -0.2) is 4.99 Å². The molecule has 1 aromatic carbocycles.